The second-order valence-corrected chi connectivity index (χ2v) is 4.13. The highest BCUT2D eigenvalue weighted by Gasteiger charge is 2.06. The van der Waals surface area contributed by atoms with Crippen LogP contribution in [0.5, 0.6) is 0 Å². The van der Waals surface area contributed by atoms with E-state index in [0.29, 0.717) is 0 Å². The van der Waals surface area contributed by atoms with Crippen LogP contribution >= 0.6 is 11.8 Å². The van der Waals surface area contributed by atoms with Crippen molar-refractivity contribution in [2.24, 2.45) is 0 Å². The number of hydrogen-bond acceptors (Lipinski definition) is 5. The molecule has 14 heavy (non-hydrogen) atoms. The molecule has 1 aromatic rings. The zero-order valence-corrected chi connectivity index (χ0v) is 10.1. The Morgan fingerprint density at radius 1 is 1.00 bits per heavy atom. The average molecular weight is 212 g/mol. The summed E-state index contributed by atoms with van der Waals surface area (Å²) in [4.78, 5) is 12.7. The molecule has 0 aromatic carbocycles. The van der Waals surface area contributed by atoms with Crippen molar-refractivity contribution in [3.05, 3.63) is 6.07 Å². The van der Waals surface area contributed by atoms with E-state index in [4.69, 9.17) is 0 Å². The maximum absolute atomic E-state index is 4.38. The van der Waals surface area contributed by atoms with Gasteiger partial charge in [0.25, 0.3) is 0 Å². The molecule has 0 bridgehead atoms. The van der Waals surface area contributed by atoms with Gasteiger partial charge in [-0.3, -0.25) is 0 Å². The van der Waals surface area contributed by atoms with Crippen LogP contribution < -0.4 is 9.80 Å². The highest BCUT2D eigenvalue weighted by Crippen LogP contribution is 2.20. The van der Waals surface area contributed by atoms with Crippen molar-refractivity contribution in [1.29, 1.82) is 0 Å². The molecule has 0 amide bonds. The summed E-state index contributed by atoms with van der Waals surface area (Å²) in [5.74, 6) is 1.88. The van der Waals surface area contributed by atoms with Crippen LogP contribution in [0.4, 0.5) is 11.6 Å². The summed E-state index contributed by atoms with van der Waals surface area (Å²) in [6.45, 7) is 0. The second kappa shape index (κ2) is 4.50. The van der Waals surface area contributed by atoms with Crippen molar-refractivity contribution >= 4 is 23.4 Å². The van der Waals surface area contributed by atoms with E-state index in [-0.39, 0.29) is 0 Å². The van der Waals surface area contributed by atoms with Gasteiger partial charge in [-0.15, -0.1) is 0 Å². The van der Waals surface area contributed by atoms with E-state index in [2.05, 4.69) is 9.97 Å². The van der Waals surface area contributed by atoms with E-state index >= 15 is 0 Å². The van der Waals surface area contributed by atoms with Crippen LogP contribution in [0.15, 0.2) is 11.2 Å². The Balaban J connectivity index is 3.13. The smallest absolute Gasteiger partial charge is 0.191 e. The first-order chi connectivity index (χ1) is 6.54. The van der Waals surface area contributed by atoms with Gasteiger partial charge in [0.2, 0.25) is 0 Å². The molecule has 0 saturated carbocycles. The summed E-state index contributed by atoms with van der Waals surface area (Å²) in [6.07, 6.45) is 1.98. The number of aromatic nitrogens is 2. The molecule has 78 valence electrons. The molecular weight excluding hydrogens is 196 g/mol. The van der Waals surface area contributed by atoms with E-state index in [1.54, 1.807) is 11.8 Å². The summed E-state index contributed by atoms with van der Waals surface area (Å²) in [6, 6.07) is 1.97. The molecule has 0 atom stereocenters. The van der Waals surface area contributed by atoms with Crippen LogP contribution in [-0.2, 0) is 0 Å². The van der Waals surface area contributed by atoms with Gasteiger partial charge in [-0.05, 0) is 6.26 Å². The second-order valence-electron chi connectivity index (χ2n) is 3.36. The lowest BCUT2D eigenvalue weighted by atomic mass is 10.5. The number of hydrogen-bond donors (Lipinski definition) is 0. The minimum Gasteiger partial charge on any atom is -0.363 e. The summed E-state index contributed by atoms with van der Waals surface area (Å²) in [5, 5.41) is 0.805. The molecule has 1 rings (SSSR count). The first-order valence-electron chi connectivity index (χ1n) is 4.32. The minimum atomic E-state index is 0.805. The zero-order chi connectivity index (χ0) is 10.7. The molecule has 5 heteroatoms. The van der Waals surface area contributed by atoms with Crippen molar-refractivity contribution in [2.45, 2.75) is 5.16 Å². The standard InChI is InChI=1S/C9H16N4S/c1-12(2)7-6-8(13(3)4)11-9(10-7)14-5/h6H,1-5H3. The van der Waals surface area contributed by atoms with Gasteiger partial charge in [-0.1, -0.05) is 11.8 Å². The summed E-state index contributed by atoms with van der Waals surface area (Å²) in [7, 11) is 7.91. The lowest BCUT2D eigenvalue weighted by Gasteiger charge is -2.16. The van der Waals surface area contributed by atoms with Gasteiger partial charge in [0.1, 0.15) is 11.6 Å². The van der Waals surface area contributed by atoms with E-state index in [0.717, 1.165) is 16.8 Å². The largest absolute Gasteiger partial charge is 0.363 e. The van der Waals surface area contributed by atoms with E-state index < -0.39 is 0 Å². The van der Waals surface area contributed by atoms with Crippen molar-refractivity contribution in [3.63, 3.8) is 0 Å². The predicted molar refractivity (Wildman–Crippen MR) is 62.5 cm³/mol. The minimum absolute atomic E-state index is 0.805. The molecule has 0 spiro atoms. The van der Waals surface area contributed by atoms with Crippen LogP contribution in [0.25, 0.3) is 0 Å². The third-order valence-corrected chi connectivity index (χ3v) is 2.33. The highest BCUT2D eigenvalue weighted by molar-refractivity contribution is 7.98. The van der Waals surface area contributed by atoms with Crippen molar-refractivity contribution in [1.82, 2.24) is 9.97 Å². The maximum atomic E-state index is 4.38. The van der Waals surface area contributed by atoms with Crippen molar-refractivity contribution in [2.75, 3.05) is 44.2 Å². The van der Waals surface area contributed by atoms with E-state index in [1.165, 1.54) is 0 Å². The number of thioether (sulfide) groups is 1. The molecule has 0 saturated heterocycles. The van der Waals surface area contributed by atoms with Gasteiger partial charge in [0.05, 0.1) is 0 Å². The fourth-order valence-corrected chi connectivity index (χ4v) is 1.32. The lowest BCUT2D eigenvalue weighted by Crippen LogP contribution is -2.16. The first-order valence-corrected chi connectivity index (χ1v) is 5.54. The van der Waals surface area contributed by atoms with Crippen molar-refractivity contribution in [3.8, 4) is 0 Å². The highest BCUT2D eigenvalue weighted by atomic mass is 32.2. The topological polar surface area (TPSA) is 32.3 Å². The fraction of sp³-hybridized carbons (Fsp3) is 0.556. The normalized spacial score (nSPS) is 10.1. The Kier molecular flexibility index (Phi) is 3.57. The van der Waals surface area contributed by atoms with Gasteiger partial charge in [-0.2, -0.15) is 0 Å². The van der Waals surface area contributed by atoms with Gasteiger partial charge in [0.15, 0.2) is 5.16 Å². The molecule has 0 fully saturated rings. The van der Waals surface area contributed by atoms with Gasteiger partial charge < -0.3 is 9.80 Å². The molecule has 0 radical (unpaired) electrons. The Bertz CT molecular complexity index is 285. The number of anilines is 2. The van der Waals surface area contributed by atoms with Crippen molar-refractivity contribution < 1.29 is 0 Å². The molecule has 0 unspecified atom stereocenters. The monoisotopic (exact) mass is 212 g/mol. The van der Waals surface area contributed by atoms with E-state index in [1.807, 2.05) is 50.3 Å². The lowest BCUT2D eigenvalue weighted by molar-refractivity contribution is 0.904. The molecule has 0 aliphatic heterocycles. The van der Waals surface area contributed by atoms with E-state index in [9.17, 15) is 0 Å². The van der Waals surface area contributed by atoms with Gasteiger partial charge in [0, 0.05) is 34.3 Å². The molecule has 4 nitrogen and oxygen atoms in total. The Morgan fingerprint density at radius 3 is 1.71 bits per heavy atom. The zero-order valence-electron chi connectivity index (χ0n) is 9.27. The molecule has 0 N–H and O–H groups in total. The molecule has 0 aliphatic rings. The Morgan fingerprint density at radius 2 is 1.43 bits per heavy atom. The van der Waals surface area contributed by atoms with Gasteiger partial charge >= 0.3 is 0 Å². The molecule has 1 aromatic heterocycles. The first kappa shape index (κ1) is 11.1. The molecule has 0 aliphatic carbocycles. The summed E-state index contributed by atoms with van der Waals surface area (Å²) in [5.41, 5.74) is 0. The number of rotatable bonds is 3. The Hall–Kier alpha value is -0.970. The quantitative estimate of drug-likeness (QED) is 0.557. The third-order valence-electron chi connectivity index (χ3n) is 1.78. The average Bonchev–Trinajstić information content (AvgIpc) is 2.16. The Labute approximate surface area is 89.3 Å². The molecular formula is C9H16N4S. The van der Waals surface area contributed by atoms with Gasteiger partial charge in [-0.25, -0.2) is 9.97 Å². The van der Waals surface area contributed by atoms with Crippen LogP contribution in [0.1, 0.15) is 0 Å². The van der Waals surface area contributed by atoms with Crippen LogP contribution in [0.3, 0.4) is 0 Å². The molecule has 1 heterocycles. The third kappa shape index (κ3) is 2.51. The van der Waals surface area contributed by atoms with Crippen LogP contribution in [0.2, 0.25) is 0 Å². The maximum Gasteiger partial charge on any atom is 0.191 e. The number of nitrogens with zero attached hydrogens (tertiary/aromatic N) is 4. The fourth-order valence-electron chi connectivity index (χ4n) is 0.950. The summed E-state index contributed by atoms with van der Waals surface area (Å²) < 4.78 is 0. The predicted octanol–water partition coefficient (Wildman–Crippen LogP) is 1.33. The van der Waals surface area contributed by atoms with Crippen LogP contribution in [-0.4, -0.2) is 44.4 Å². The summed E-state index contributed by atoms with van der Waals surface area (Å²) >= 11 is 1.56. The SMILES string of the molecule is CSc1nc(N(C)C)cc(N(C)C)n1. The van der Waals surface area contributed by atoms with Crippen LogP contribution in [0, 0.1) is 0 Å².